The Morgan fingerprint density at radius 2 is 2.33 bits per heavy atom. The summed E-state index contributed by atoms with van der Waals surface area (Å²) < 4.78 is 0. The Kier molecular flexibility index (Phi) is 6.05. The van der Waals surface area contributed by atoms with Crippen LogP contribution in [0.4, 0.5) is 0 Å². The van der Waals surface area contributed by atoms with Gasteiger partial charge in [0, 0.05) is 25.7 Å². The van der Waals surface area contributed by atoms with Gasteiger partial charge in [0.05, 0.1) is 25.1 Å². The van der Waals surface area contributed by atoms with Crippen LogP contribution in [0.15, 0.2) is 0 Å². The largest absolute Gasteiger partial charge is 0.392 e. The summed E-state index contributed by atoms with van der Waals surface area (Å²) in [4.78, 5) is 15.7. The fourth-order valence-corrected chi connectivity index (χ4v) is 2.26. The molecule has 2 N–H and O–H groups in total. The number of aliphatic hydroxyl groups excluding tert-OH is 1. The first-order chi connectivity index (χ1) is 8.52. The first kappa shape index (κ1) is 14.9. The summed E-state index contributed by atoms with van der Waals surface area (Å²) in [7, 11) is 3.96. The van der Waals surface area contributed by atoms with Crippen molar-refractivity contribution in [1.82, 2.24) is 15.1 Å². The monoisotopic (exact) mass is 254 g/mol. The molecule has 1 heterocycles. The highest BCUT2D eigenvalue weighted by molar-refractivity contribution is 5.78. The number of carbonyl (C=O) groups is 1. The fraction of sp³-hybridized carbons (Fsp3) is 0.833. The number of hydrogen-bond donors (Lipinski definition) is 2. The molecule has 0 aromatic heterocycles. The lowest BCUT2D eigenvalue weighted by Gasteiger charge is -2.25. The maximum Gasteiger partial charge on any atom is 0.234 e. The zero-order valence-electron chi connectivity index (χ0n) is 11.1. The number of hydrogen-bond acceptors (Lipinski definition) is 5. The van der Waals surface area contributed by atoms with Crippen LogP contribution in [-0.2, 0) is 4.79 Å². The molecule has 1 amide bonds. The Balaban J connectivity index is 2.38. The second-order valence-corrected chi connectivity index (χ2v) is 4.99. The summed E-state index contributed by atoms with van der Waals surface area (Å²) >= 11 is 0. The van der Waals surface area contributed by atoms with Crippen LogP contribution in [0.25, 0.3) is 0 Å². The summed E-state index contributed by atoms with van der Waals surface area (Å²) in [6.45, 7) is 2.07. The molecule has 6 nitrogen and oxygen atoms in total. The van der Waals surface area contributed by atoms with Crippen LogP contribution in [0.5, 0.6) is 0 Å². The van der Waals surface area contributed by atoms with Gasteiger partial charge in [-0.05, 0) is 20.5 Å². The SMILES string of the molecule is CN(C)CC1CC(O)CN1CC(=O)NCCC#N. The lowest BCUT2D eigenvalue weighted by atomic mass is 10.2. The van der Waals surface area contributed by atoms with E-state index in [1.807, 2.05) is 25.1 Å². The molecule has 18 heavy (non-hydrogen) atoms. The van der Waals surface area contributed by atoms with Crippen molar-refractivity contribution in [3.63, 3.8) is 0 Å². The van der Waals surface area contributed by atoms with Crippen LogP contribution in [0.3, 0.4) is 0 Å². The molecule has 1 saturated heterocycles. The summed E-state index contributed by atoms with van der Waals surface area (Å²) in [6, 6.07) is 2.20. The maximum atomic E-state index is 11.7. The molecule has 102 valence electrons. The summed E-state index contributed by atoms with van der Waals surface area (Å²) in [5, 5.41) is 20.8. The van der Waals surface area contributed by atoms with Gasteiger partial charge >= 0.3 is 0 Å². The van der Waals surface area contributed by atoms with Crippen LogP contribution >= 0.6 is 0 Å². The molecule has 0 aromatic rings. The Morgan fingerprint density at radius 1 is 1.61 bits per heavy atom. The van der Waals surface area contributed by atoms with E-state index in [2.05, 4.69) is 10.2 Å². The maximum absolute atomic E-state index is 11.7. The third-order valence-electron chi connectivity index (χ3n) is 2.99. The molecule has 2 unspecified atom stereocenters. The van der Waals surface area contributed by atoms with E-state index in [0.29, 0.717) is 32.5 Å². The highest BCUT2D eigenvalue weighted by Gasteiger charge is 2.32. The fourth-order valence-electron chi connectivity index (χ4n) is 2.26. The van der Waals surface area contributed by atoms with E-state index in [1.165, 1.54) is 0 Å². The second kappa shape index (κ2) is 7.31. The molecule has 1 aliphatic rings. The average Bonchev–Trinajstić information content (AvgIpc) is 2.58. The Hall–Kier alpha value is -1.16. The zero-order chi connectivity index (χ0) is 13.5. The van der Waals surface area contributed by atoms with Crippen molar-refractivity contribution in [2.24, 2.45) is 0 Å². The van der Waals surface area contributed by atoms with Gasteiger partial charge in [0.1, 0.15) is 0 Å². The molecule has 0 aromatic carbocycles. The third-order valence-corrected chi connectivity index (χ3v) is 2.99. The number of likely N-dealkylation sites (tertiary alicyclic amines) is 1. The second-order valence-electron chi connectivity index (χ2n) is 4.99. The topological polar surface area (TPSA) is 79.6 Å². The van der Waals surface area contributed by atoms with Gasteiger partial charge in [-0.2, -0.15) is 5.26 Å². The minimum Gasteiger partial charge on any atom is -0.392 e. The Bertz CT molecular complexity index is 314. The zero-order valence-corrected chi connectivity index (χ0v) is 11.1. The molecule has 0 spiro atoms. The van der Waals surface area contributed by atoms with E-state index < -0.39 is 0 Å². The first-order valence-electron chi connectivity index (χ1n) is 6.23. The van der Waals surface area contributed by atoms with Gasteiger partial charge in [-0.1, -0.05) is 0 Å². The van der Waals surface area contributed by atoms with Crippen molar-refractivity contribution >= 4 is 5.91 Å². The van der Waals surface area contributed by atoms with Gasteiger partial charge in [-0.3, -0.25) is 9.69 Å². The minimum atomic E-state index is -0.346. The first-order valence-corrected chi connectivity index (χ1v) is 6.23. The van der Waals surface area contributed by atoms with Crippen LogP contribution < -0.4 is 5.32 Å². The van der Waals surface area contributed by atoms with E-state index in [-0.39, 0.29) is 18.1 Å². The number of nitrogens with zero attached hydrogens (tertiary/aromatic N) is 3. The lowest BCUT2D eigenvalue weighted by molar-refractivity contribution is -0.122. The number of likely N-dealkylation sites (N-methyl/N-ethyl adjacent to an activating group) is 1. The number of aliphatic hydroxyl groups is 1. The van der Waals surface area contributed by atoms with Gasteiger partial charge in [0.15, 0.2) is 0 Å². The quantitative estimate of drug-likeness (QED) is 0.595. The van der Waals surface area contributed by atoms with Crippen molar-refractivity contribution in [2.45, 2.75) is 25.0 Å². The van der Waals surface area contributed by atoms with Crippen molar-refractivity contribution in [3.05, 3.63) is 0 Å². The average molecular weight is 254 g/mol. The number of nitrogens with one attached hydrogen (secondary N) is 1. The predicted molar refractivity (Wildman–Crippen MR) is 67.8 cm³/mol. The van der Waals surface area contributed by atoms with Crippen LogP contribution in [-0.4, -0.2) is 73.2 Å². The molecule has 0 radical (unpaired) electrons. The van der Waals surface area contributed by atoms with Gasteiger partial charge in [-0.15, -0.1) is 0 Å². The van der Waals surface area contributed by atoms with Crippen molar-refractivity contribution in [1.29, 1.82) is 5.26 Å². The molecule has 0 bridgehead atoms. The van der Waals surface area contributed by atoms with Crippen molar-refractivity contribution in [3.8, 4) is 6.07 Å². The predicted octanol–water partition coefficient (Wildman–Crippen LogP) is -0.987. The number of nitriles is 1. The van der Waals surface area contributed by atoms with Crippen LogP contribution in [0.1, 0.15) is 12.8 Å². The Labute approximate surface area is 108 Å². The highest BCUT2D eigenvalue weighted by Crippen LogP contribution is 2.17. The summed E-state index contributed by atoms with van der Waals surface area (Å²) in [5.74, 6) is -0.0805. The smallest absolute Gasteiger partial charge is 0.234 e. The lowest BCUT2D eigenvalue weighted by Crippen LogP contribution is -2.43. The van der Waals surface area contributed by atoms with Gasteiger partial charge in [0.2, 0.25) is 5.91 Å². The van der Waals surface area contributed by atoms with Crippen molar-refractivity contribution in [2.75, 3.05) is 40.3 Å². The number of carbonyl (C=O) groups excluding carboxylic acids is 1. The standard InChI is InChI=1S/C12H22N4O2/c1-15(2)7-10-6-11(17)8-16(10)9-12(18)14-5-3-4-13/h10-11,17H,3,5-9H2,1-2H3,(H,14,18). The van der Waals surface area contributed by atoms with E-state index in [1.54, 1.807) is 0 Å². The Morgan fingerprint density at radius 3 is 2.94 bits per heavy atom. The summed E-state index contributed by atoms with van der Waals surface area (Å²) in [5.41, 5.74) is 0. The molecular weight excluding hydrogens is 232 g/mol. The molecule has 0 aliphatic carbocycles. The van der Waals surface area contributed by atoms with Gasteiger partial charge in [0.25, 0.3) is 0 Å². The molecule has 1 rings (SSSR count). The number of amides is 1. The van der Waals surface area contributed by atoms with Gasteiger partial charge < -0.3 is 15.3 Å². The van der Waals surface area contributed by atoms with Crippen LogP contribution in [0, 0.1) is 11.3 Å². The van der Waals surface area contributed by atoms with E-state index >= 15 is 0 Å². The van der Waals surface area contributed by atoms with E-state index in [0.717, 1.165) is 6.54 Å². The highest BCUT2D eigenvalue weighted by atomic mass is 16.3. The van der Waals surface area contributed by atoms with Crippen molar-refractivity contribution < 1.29 is 9.90 Å². The molecule has 1 fully saturated rings. The minimum absolute atomic E-state index is 0.0805. The third kappa shape index (κ3) is 5.00. The summed E-state index contributed by atoms with van der Waals surface area (Å²) in [6.07, 6.45) is 0.695. The molecule has 0 saturated carbocycles. The molecule has 6 heteroatoms. The normalized spacial score (nSPS) is 24.2. The van der Waals surface area contributed by atoms with E-state index in [4.69, 9.17) is 5.26 Å². The molecule has 1 aliphatic heterocycles. The number of β-amino-alcohol motifs (C(OH)–C–C–N with tert-alkyl or cyclic N) is 1. The van der Waals surface area contributed by atoms with E-state index in [9.17, 15) is 9.90 Å². The molecular formula is C12H22N4O2. The number of rotatable bonds is 6. The van der Waals surface area contributed by atoms with Crippen LogP contribution in [0.2, 0.25) is 0 Å². The van der Waals surface area contributed by atoms with Gasteiger partial charge in [-0.25, -0.2) is 0 Å². The molecule has 2 atom stereocenters.